The zero-order chi connectivity index (χ0) is 27.5. The highest BCUT2D eigenvalue weighted by Gasteiger charge is 2.17. The molecule has 9 nitrogen and oxygen atoms in total. The molecule has 3 aromatic heterocycles. The van der Waals surface area contributed by atoms with Crippen LogP contribution in [0, 0.1) is 5.82 Å². The molecular weight excluding hydrogens is 511 g/mol. The standard InChI is InChI=1S/C30H25FN6O3/c31-24-17-20(35-29(38)22-7-4-14-37(30(22)39)21-5-2-1-3-6-21)8-9-27(24)40-26-10-11-33-25-19-34-28(18-23(25)26)36-15-12-32-13-16-36/h1-11,14,17-19,32H,12-13,15-16H2,(H,35,38). The number of benzene rings is 2. The number of ether oxygens (including phenoxy) is 1. The summed E-state index contributed by atoms with van der Waals surface area (Å²) in [5, 5.41) is 6.63. The third kappa shape index (κ3) is 5.12. The van der Waals surface area contributed by atoms with Crippen molar-refractivity contribution in [2.75, 3.05) is 36.4 Å². The number of halogens is 1. The predicted molar refractivity (Wildman–Crippen MR) is 151 cm³/mol. The van der Waals surface area contributed by atoms with E-state index in [1.54, 1.807) is 55.0 Å². The van der Waals surface area contributed by atoms with Crippen LogP contribution in [0.25, 0.3) is 16.6 Å². The lowest BCUT2D eigenvalue weighted by molar-refractivity contribution is 0.102. The van der Waals surface area contributed by atoms with E-state index in [1.807, 2.05) is 12.1 Å². The fourth-order valence-electron chi connectivity index (χ4n) is 4.61. The van der Waals surface area contributed by atoms with Crippen LogP contribution in [0.4, 0.5) is 15.9 Å². The quantitative estimate of drug-likeness (QED) is 0.332. The van der Waals surface area contributed by atoms with E-state index in [2.05, 4.69) is 25.5 Å². The van der Waals surface area contributed by atoms with Gasteiger partial charge in [-0.1, -0.05) is 18.2 Å². The van der Waals surface area contributed by atoms with Crippen molar-refractivity contribution in [1.82, 2.24) is 19.9 Å². The van der Waals surface area contributed by atoms with Crippen LogP contribution in [-0.2, 0) is 0 Å². The van der Waals surface area contributed by atoms with Gasteiger partial charge in [-0.15, -0.1) is 0 Å². The van der Waals surface area contributed by atoms with E-state index < -0.39 is 17.3 Å². The third-order valence-corrected chi connectivity index (χ3v) is 6.65. The number of carbonyl (C=O) groups is 1. The van der Waals surface area contributed by atoms with Gasteiger partial charge in [0.25, 0.3) is 11.5 Å². The molecule has 0 spiro atoms. The third-order valence-electron chi connectivity index (χ3n) is 6.65. The maximum Gasteiger partial charge on any atom is 0.267 e. The van der Waals surface area contributed by atoms with Crippen molar-refractivity contribution in [3.05, 3.63) is 113 Å². The first-order valence-corrected chi connectivity index (χ1v) is 12.8. The van der Waals surface area contributed by atoms with E-state index in [0.717, 1.165) is 38.1 Å². The number of nitrogens with one attached hydrogen (secondary N) is 2. The van der Waals surface area contributed by atoms with Crippen LogP contribution in [-0.4, -0.2) is 46.6 Å². The van der Waals surface area contributed by atoms with Gasteiger partial charge in [-0.25, -0.2) is 9.37 Å². The summed E-state index contributed by atoms with van der Waals surface area (Å²) < 4.78 is 22.5. The van der Waals surface area contributed by atoms with Crippen molar-refractivity contribution < 1.29 is 13.9 Å². The van der Waals surface area contributed by atoms with Crippen LogP contribution in [0.2, 0.25) is 0 Å². The first-order valence-electron chi connectivity index (χ1n) is 12.8. The Balaban J connectivity index is 1.22. The molecule has 0 radical (unpaired) electrons. The monoisotopic (exact) mass is 536 g/mol. The number of hydrogen-bond donors (Lipinski definition) is 2. The van der Waals surface area contributed by atoms with Crippen LogP contribution in [0.3, 0.4) is 0 Å². The number of piperazine rings is 1. The molecular formula is C30H25FN6O3. The van der Waals surface area contributed by atoms with Crippen LogP contribution in [0.5, 0.6) is 11.5 Å². The maximum atomic E-state index is 15.1. The van der Waals surface area contributed by atoms with Crippen molar-refractivity contribution in [3.8, 4) is 17.2 Å². The molecule has 5 aromatic rings. The van der Waals surface area contributed by atoms with Crippen LogP contribution >= 0.6 is 0 Å². The normalized spacial score (nSPS) is 13.3. The van der Waals surface area contributed by atoms with Gasteiger partial charge < -0.3 is 20.3 Å². The number of rotatable bonds is 6. The summed E-state index contributed by atoms with van der Waals surface area (Å²) in [6.07, 6.45) is 4.86. The van der Waals surface area contributed by atoms with Gasteiger partial charge in [-0.2, -0.15) is 0 Å². The average Bonchev–Trinajstić information content (AvgIpc) is 2.99. The Morgan fingerprint density at radius 2 is 1.77 bits per heavy atom. The van der Waals surface area contributed by atoms with Gasteiger partial charge in [0.2, 0.25) is 0 Å². The van der Waals surface area contributed by atoms with Gasteiger partial charge in [0.05, 0.1) is 11.7 Å². The second-order valence-corrected chi connectivity index (χ2v) is 9.24. The number of hydrogen-bond acceptors (Lipinski definition) is 7. The highest BCUT2D eigenvalue weighted by atomic mass is 19.1. The summed E-state index contributed by atoms with van der Waals surface area (Å²) in [6.45, 7) is 3.41. The first-order chi connectivity index (χ1) is 19.6. The van der Waals surface area contributed by atoms with E-state index in [1.165, 1.54) is 22.8 Å². The van der Waals surface area contributed by atoms with Crippen molar-refractivity contribution in [2.45, 2.75) is 0 Å². The van der Waals surface area contributed by atoms with Gasteiger partial charge in [0.15, 0.2) is 11.6 Å². The lowest BCUT2D eigenvalue weighted by Gasteiger charge is -2.28. The van der Waals surface area contributed by atoms with Crippen molar-refractivity contribution in [2.24, 2.45) is 0 Å². The molecule has 6 rings (SSSR count). The molecule has 4 heterocycles. The summed E-state index contributed by atoms with van der Waals surface area (Å²) >= 11 is 0. The van der Waals surface area contributed by atoms with E-state index in [9.17, 15) is 9.59 Å². The number of nitrogens with zero attached hydrogens (tertiary/aromatic N) is 4. The molecule has 0 bridgehead atoms. The number of amides is 1. The lowest BCUT2D eigenvalue weighted by Crippen LogP contribution is -2.43. The van der Waals surface area contributed by atoms with Gasteiger partial charge >= 0.3 is 0 Å². The average molecular weight is 537 g/mol. The van der Waals surface area contributed by atoms with Crippen LogP contribution < -0.4 is 25.8 Å². The van der Waals surface area contributed by atoms with E-state index in [0.29, 0.717) is 22.3 Å². The second kappa shape index (κ2) is 11.0. The minimum absolute atomic E-state index is 0.0165. The topological polar surface area (TPSA) is 101 Å². The fourth-order valence-corrected chi connectivity index (χ4v) is 4.61. The van der Waals surface area contributed by atoms with Crippen LogP contribution in [0.1, 0.15) is 10.4 Å². The Labute approximate surface area is 228 Å². The molecule has 0 aliphatic carbocycles. The largest absolute Gasteiger partial charge is 0.454 e. The molecule has 1 aliphatic rings. The highest BCUT2D eigenvalue weighted by Crippen LogP contribution is 2.33. The summed E-state index contributed by atoms with van der Waals surface area (Å²) in [6, 6.07) is 19.7. The second-order valence-electron chi connectivity index (χ2n) is 9.24. The predicted octanol–water partition coefficient (Wildman–Crippen LogP) is 4.37. The highest BCUT2D eigenvalue weighted by molar-refractivity contribution is 6.04. The molecule has 2 aromatic carbocycles. The van der Waals surface area contributed by atoms with E-state index in [4.69, 9.17) is 4.74 Å². The van der Waals surface area contributed by atoms with E-state index in [-0.39, 0.29) is 17.0 Å². The van der Waals surface area contributed by atoms with Crippen molar-refractivity contribution >= 4 is 28.3 Å². The van der Waals surface area contributed by atoms with Crippen LogP contribution in [0.15, 0.2) is 96.2 Å². The van der Waals surface area contributed by atoms with Gasteiger partial charge in [0, 0.05) is 61.4 Å². The molecule has 200 valence electrons. The Morgan fingerprint density at radius 3 is 2.58 bits per heavy atom. The number of aromatic nitrogens is 3. The Hall–Kier alpha value is -5.09. The molecule has 0 atom stereocenters. The number of fused-ring (bicyclic) bond motifs is 1. The van der Waals surface area contributed by atoms with Gasteiger partial charge in [-0.05, 0) is 48.5 Å². The summed E-state index contributed by atoms with van der Waals surface area (Å²) in [5.41, 5.74) is 0.906. The smallest absolute Gasteiger partial charge is 0.267 e. The zero-order valence-corrected chi connectivity index (χ0v) is 21.4. The maximum absolute atomic E-state index is 15.1. The molecule has 0 saturated carbocycles. The molecule has 10 heteroatoms. The minimum atomic E-state index is -0.672. The summed E-state index contributed by atoms with van der Waals surface area (Å²) in [4.78, 5) is 36.9. The fraction of sp³-hybridized carbons (Fsp3) is 0.133. The molecule has 2 N–H and O–H groups in total. The summed E-state index contributed by atoms with van der Waals surface area (Å²) in [5.74, 6) is -0.0923. The molecule has 1 fully saturated rings. The minimum Gasteiger partial charge on any atom is -0.454 e. The van der Waals surface area contributed by atoms with E-state index >= 15 is 4.39 Å². The number of anilines is 2. The number of para-hydroxylation sites is 1. The Kier molecular flexibility index (Phi) is 6.90. The zero-order valence-electron chi connectivity index (χ0n) is 21.4. The Morgan fingerprint density at radius 1 is 0.950 bits per heavy atom. The molecule has 1 saturated heterocycles. The lowest BCUT2D eigenvalue weighted by atomic mass is 10.2. The van der Waals surface area contributed by atoms with Gasteiger partial charge in [0.1, 0.15) is 17.1 Å². The number of pyridine rings is 3. The molecule has 40 heavy (non-hydrogen) atoms. The number of carbonyl (C=O) groups excluding carboxylic acids is 1. The first kappa shape index (κ1) is 25.2. The van der Waals surface area contributed by atoms with Gasteiger partial charge in [-0.3, -0.25) is 19.1 Å². The molecule has 0 unspecified atom stereocenters. The SMILES string of the molecule is O=C(Nc1ccc(Oc2ccnc3cnc(N4CCNCC4)cc23)c(F)c1)c1cccn(-c2ccccc2)c1=O. The molecule has 1 aliphatic heterocycles. The summed E-state index contributed by atoms with van der Waals surface area (Å²) in [7, 11) is 0. The van der Waals surface area contributed by atoms with Crippen molar-refractivity contribution in [1.29, 1.82) is 0 Å². The molecule has 1 amide bonds. The Bertz CT molecular complexity index is 1750. The van der Waals surface area contributed by atoms with Crippen molar-refractivity contribution in [3.63, 3.8) is 0 Å².